The Hall–Kier alpha value is -3.20. The molecule has 4 aromatic rings. The fourth-order valence-electron chi connectivity index (χ4n) is 2.92. The van der Waals surface area contributed by atoms with Crippen LogP contribution in [0.4, 0.5) is 18.3 Å². The van der Waals surface area contributed by atoms with Gasteiger partial charge in [0.1, 0.15) is 17.5 Å². The third-order valence-corrected chi connectivity index (χ3v) is 5.38. The van der Waals surface area contributed by atoms with Crippen molar-refractivity contribution in [2.24, 2.45) is 0 Å². The van der Waals surface area contributed by atoms with Crippen LogP contribution in [0.5, 0.6) is 0 Å². The van der Waals surface area contributed by atoms with Crippen LogP contribution >= 0.6 is 11.3 Å². The van der Waals surface area contributed by atoms with E-state index in [1.54, 1.807) is 18.7 Å². The van der Waals surface area contributed by atoms with Crippen molar-refractivity contribution in [2.75, 3.05) is 11.4 Å². The van der Waals surface area contributed by atoms with Crippen molar-refractivity contribution in [1.29, 1.82) is 0 Å². The van der Waals surface area contributed by atoms with Crippen molar-refractivity contribution in [2.45, 2.75) is 13.0 Å². The van der Waals surface area contributed by atoms with Gasteiger partial charge in [0.15, 0.2) is 5.13 Å². The second-order valence-electron chi connectivity index (χ2n) is 6.34. The van der Waals surface area contributed by atoms with Gasteiger partial charge < -0.3 is 4.57 Å². The summed E-state index contributed by atoms with van der Waals surface area (Å²) >= 11 is 1.14. The Morgan fingerprint density at radius 1 is 1.10 bits per heavy atom. The van der Waals surface area contributed by atoms with E-state index in [1.165, 1.54) is 23.1 Å². The van der Waals surface area contributed by atoms with Crippen LogP contribution in [0.1, 0.15) is 16.8 Å². The molecule has 0 radical (unpaired) electrons. The highest BCUT2D eigenvalue weighted by molar-refractivity contribution is 7.22. The average molecular weight is 416 g/mol. The maximum absolute atomic E-state index is 14.2. The van der Waals surface area contributed by atoms with Gasteiger partial charge in [0.25, 0.3) is 5.91 Å². The molecule has 0 aliphatic heterocycles. The van der Waals surface area contributed by atoms with Crippen LogP contribution in [-0.4, -0.2) is 27.0 Å². The largest absolute Gasteiger partial charge is 0.337 e. The van der Waals surface area contributed by atoms with E-state index in [-0.39, 0.29) is 12.1 Å². The number of benzene rings is 2. The van der Waals surface area contributed by atoms with Gasteiger partial charge in [0.05, 0.1) is 22.1 Å². The van der Waals surface area contributed by atoms with Gasteiger partial charge in [-0.15, -0.1) is 0 Å². The van der Waals surface area contributed by atoms with E-state index in [0.29, 0.717) is 34.4 Å². The number of aryl methyl sites for hydroxylation is 1. The topological polar surface area (TPSA) is 51.0 Å². The zero-order chi connectivity index (χ0) is 20.4. The highest BCUT2D eigenvalue weighted by Gasteiger charge is 2.24. The first-order valence-electron chi connectivity index (χ1n) is 8.80. The molecule has 0 aliphatic carbocycles. The number of rotatable bonds is 6. The number of nitrogens with zero attached hydrogens (tertiary/aromatic N) is 4. The van der Waals surface area contributed by atoms with Crippen molar-refractivity contribution in [3.63, 3.8) is 0 Å². The number of carbonyl (C=O) groups excluding carboxylic acids is 1. The number of amides is 1. The van der Waals surface area contributed by atoms with Crippen LogP contribution < -0.4 is 4.90 Å². The minimum absolute atomic E-state index is 0.246. The molecule has 1 amide bonds. The Kier molecular flexibility index (Phi) is 5.30. The Labute approximate surface area is 168 Å². The lowest BCUT2D eigenvalue weighted by Gasteiger charge is -2.20. The first-order chi connectivity index (χ1) is 14.0. The molecular formula is C20H15F3N4OS. The average Bonchev–Trinajstić information content (AvgIpc) is 3.34. The molecule has 0 bridgehead atoms. The van der Waals surface area contributed by atoms with E-state index >= 15 is 0 Å². The lowest BCUT2D eigenvalue weighted by molar-refractivity contribution is 0.0982. The predicted octanol–water partition coefficient (Wildman–Crippen LogP) is 4.65. The predicted molar refractivity (Wildman–Crippen MR) is 104 cm³/mol. The summed E-state index contributed by atoms with van der Waals surface area (Å²) in [5.74, 6) is -2.74. The first-order valence-corrected chi connectivity index (χ1v) is 9.61. The molecule has 0 saturated carbocycles. The fourth-order valence-corrected chi connectivity index (χ4v) is 3.94. The fraction of sp³-hybridized carbons (Fsp3) is 0.150. The third-order valence-electron chi connectivity index (χ3n) is 4.33. The molecular weight excluding hydrogens is 401 g/mol. The number of hydrogen-bond donors (Lipinski definition) is 0. The van der Waals surface area contributed by atoms with Crippen LogP contribution in [0.3, 0.4) is 0 Å². The molecule has 4 rings (SSSR count). The van der Waals surface area contributed by atoms with E-state index < -0.39 is 23.4 Å². The van der Waals surface area contributed by atoms with E-state index in [4.69, 9.17) is 0 Å². The highest BCUT2D eigenvalue weighted by Crippen LogP contribution is 2.31. The van der Waals surface area contributed by atoms with Crippen LogP contribution in [0.2, 0.25) is 0 Å². The molecule has 0 unspecified atom stereocenters. The maximum atomic E-state index is 14.2. The number of thiazole rings is 1. The number of halogens is 3. The Morgan fingerprint density at radius 2 is 1.90 bits per heavy atom. The molecule has 0 saturated heterocycles. The van der Waals surface area contributed by atoms with E-state index in [1.807, 2.05) is 4.57 Å². The summed E-state index contributed by atoms with van der Waals surface area (Å²) in [6.45, 7) is 0.839. The van der Waals surface area contributed by atoms with Crippen molar-refractivity contribution < 1.29 is 18.0 Å². The molecule has 2 aromatic heterocycles. The lowest BCUT2D eigenvalue weighted by Crippen LogP contribution is -2.33. The Morgan fingerprint density at radius 3 is 2.66 bits per heavy atom. The quantitative estimate of drug-likeness (QED) is 0.460. The zero-order valence-corrected chi connectivity index (χ0v) is 15.9. The molecule has 0 N–H and O–H groups in total. The lowest BCUT2D eigenvalue weighted by atomic mass is 10.2. The van der Waals surface area contributed by atoms with Crippen LogP contribution in [0.15, 0.2) is 55.1 Å². The molecule has 0 aliphatic rings. The first kappa shape index (κ1) is 19.1. The second kappa shape index (κ2) is 8.04. The molecule has 0 atom stereocenters. The summed E-state index contributed by atoms with van der Waals surface area (Å²) in [4.78, 5) is 22.8. The second-order valence-corrected chi connectivity index (χ2v) is 7.35. The molecule has 29 heavy (non-hydrogen) atoms. The molecule has 2 heterocycles. The SMILES string of the molecule is O=C(c1ccc(F)cc1F)N(CCCn1ccnc1)c1nc2ccc(F)cc2s1. The summed E-state index contributed by atoms with van der Waals surface area (Å²) < 4.78 is 43.4. The van der Waals surface area contributed by atoms with Crippen LogP contribution in [0.25, 0.3) is 10.2 Å². The Bertz CT molecular complexity index is 1160. The highest BCUT2D eigenvalue weighted by atomic mass is 32.1. The number of carbonyl (C=O) groups is 1. The van der Waals surface area contributed by atoms with E-state index in [0.717, 1.165) is 23.5 Å². The van der Waals surface area contributed by atoms with Gasteiger partial charge in [-0.3, -0.25) is 9.69 Å². The van der Waals surface area contributed by atoms with Gasteiger partial charge in [-0.2, -0.15) is 0 Å². The summed E-state index contributed by atoms with van der Waals surface area (Å²) in [5, 5.41) is 0.324. The number of hydrogen-bond acceptors (Lipinski definition) is 4. The van der Waals surface area contributed by atoms with Crippen molar-refractivity contribution in [3.8, 4) is 0 Å². The van der Waals surface area contributed by atoms with Crippen molar-refractivity contribution >= 4 is 32.6 Å². The van der Waals surface area contributed by atoms with Gasteiger partial charge in [-0.05, 0) is 36.8 Å². The standard InChI is InChI=1S/C20H15F3N4OS/c21-13-2-4-15(16(23)10-13)19(28)27(8-1-7-26-9-6-24-12-26)20-25-17-5-3-14(22)11-18(17)29-20/h2-6,9-12H,1,7-8H2. The number of imidazole rings is 1. The van der Waals surface area contributed by atoms with E-state index in [2.05, 4.69) is 9.97 Å². The van der Waals surface area contributed by atoms with Gasteiger partial charge in [0.2, 0.25) is 0 Å². The van der Waals surface area contributed by atoms with Gasteiger partial charge >= 0.3 is 0 Å². The number of aromatic nitrogens is 3. The zero-order valence-electron chi connectivity index (χ0n) is 15.1. The summed E-state index contributed by atoms with van der Waals surface area (Å²) in [6.07, 6.45) is 5.66. The van der Waals surface area contributed by atoms with Crippen LogP contribution in [0, 0.1) is 17.5 Å². The smallest absolute Gasteiger partial charge is 0.263 e. The minimum Gasteiger partial charge on any atom is -0.337 e. The molecule has 148 valence electrons. The minimum atomic E-state index is -0.943. The monoisotopic (exact) mass is 416 g/mol. The van der Waals surface area contributed by atoms with Crippen molar-refractivity contribution in [3.05, 3.63) is 78.1 Å². The summed E-state index contributed by atoms with van der Waals surface area (Å²) in [6, 6.07) is 6.97. The normalized spacial score (nSPS) is 11.1. The number of anilines is 1. The molecule has 0 fully saturated rings. The van der Waals surface area contributed by atoms with Gasteiger partial charge in [0, 0.05) is 31.5 Å². The number of fused-ring (bicyclic) bond motifs is 1. The molecule has 2 aromatic carbocycles. The molecule has 5 nitrogen and oxygen atoms in total. The third kappa shape index (κ3) is 4.14. The Balaban J connectivity index is 1.66. The van der Waals surface area contributed by atoms with E-state index in [9.17, 15) is 18.0 Å². The van der Waals surface area contributed by atoms with Gasteiger partial charge in [-0.25, -0.2) is 23.1 Å². The van der Waals surface area contributed by atoms with Crippen molar-refractivity contribution in [1.82, 2.24) is 14.5 Å². The molecule has 0 spiro atoms. The van der Waals surface area contributed by atoms with Crippen LogP contribution in [-0.2, 0) is 6.54 Å². The molecule has 9 heteroatoms. The summed E-state index contributed by atoms with van der Waals surface area (Å²) in [7, 11) is 0. The maximum Gasteiger partial charge on any atom is 0.263 e. The van der Waals surface area contributed by atoms with Gasteiger partial charge in [-0.1, -0.05) is 11.3 Å². The summed E-state index contributed by atoms with van der Waals surface area (Å²) in [5.41, 5.74) is 0.290.